The van der Waals surface area contributed by atoms with Gasteiger partial charge in [-0.1, -0.05) is 36.4 Å². The molecular weight excluding hydrogens is 470 g/mol. The van der Waals surface area contributed by atoms with Crippen molar-refractivity contribution < 1.29 is 23.5 Å². The van der Waals surface area contributed by atoms with Crippen LogP contribution in [0, 0.1) is 6.92 Å². The van der Waals surface area contributed by atoms with Gasteiger partial charge in [0.2, 0.25) is 5.76 Å². The van der Waals surface area contributed by atoms with Crippen molar-refractivity contribution in [2.45, 2.75) is 19.9 Å². The van der Waals surface area contributed by atoms with E-state index in [1.807, 2.05) is 25.1 Å². The Bertz CT molecular complexity index is 1570. The molecule has 1 aliphatic rings. The first-order valence-corrected chi connectivity index (χ1v) is 11.9. The molecular formula is C30H25NO6. The maximum atomic E-state index is 13.8. The quantitative estimate of drug-likeness (QED) is 0.245. The van der Waals surface area contributed by atoms with Gasteiger partial charge in [0.1, 0.15) is 17.9 Å². The Hall–Kier alpha value is -4.65. The largest absolute Gasteiger partial charge is 0.490 e. The number of aryl methyl sites for hydroxylation is 1. The van der Waals surface area contributed by atoms with E-state index >= 15 is 0 Å². The number of carbonyl (C=O) groups is 2. The SMILES string of the molecule is C=CCOc1ccc(C2c3c(oc4ccc(C)cc4c3=O)C(=O)N2c2ccc(C(=O)OCC)cc2)cc1. The second-order valence-electron chi connectivity index (χ2n) is 8.69. The minimum atomic E-state index is -0.731. The summed E-state index contributed by atoms with van der Waals surface area (Å²) in [6, 6.07) is 18.3. The van der Waals surface area contributed by atoms with Gasteiger partial charge in [-0.25, -0.2) is 4.79 Å². The van der Waals surface area contributed by atoms with Gasteiger partial charge in [-0.15, -0.1) is 0 Å². The molecule has 2 heterocycles. The summed E-state index contributed by atoms with van der Waals surface area (Å²) in [5, 5.41) is 0.419. The summed E-state index contributed by atoms with van der Waals surface area (Å²) < 4.78 is 16.7. The van der Waals surface area contributed by atoms with Gasteiger partial charge in [-0.3, -0.25) is 14.5 Å². The van der Waals surface area contributed by atoms with Crippen LogP contribution in [0.25, 0.3) is 11.0 Å². The van der Waals surface area contributed by atoms with Crippen LogP contribution in [0.4, 0.5) is 5.69 Å². The minimum absolute atomic E-state index is 0.00723. The van der Waals surface area contributed by atoms with Gasteiger partial charge in [0.15, 0.2) is 5.43 Å². The molecule has 5 rings (SSSR count). The molecule has 37 heavy (non-hydrogen) atoms. The number of nitrogens with zero attached hydrogens (tertiary/aromatic N) is 1. The van der Waals surface area contributed by atoms with Crippen LogP contribution in [0.15, 0.2) is 88.6 Å². The van der Waals surface area contributed by atoms with Crippen LogP contribution >= 0.6 is 0 Å². The maximum Gasteiger partial charge on any atom is 0.338 e. The van der Waals surface area contributed by atoms with Crippen molar-refractivity contribution in [1.29, 1.82) is 0 Å². The van der Waals surface area contributed by atoms with Crippen LogP contribution < -0.4 is 15.1 Å². The number of rotatable bonds is 7. The number of amides is 1. The van der Waals surface area contributed by atoms with Crippen molar-refractivity contribution in [2.24, 2.45) is 0 Å². The number of ether oxygens (including phenoxy) is 2. The molecule has 1 aromatic heterocycles. The molecule has 0 bridgehead atoms. The average molecular weight is 496 g/mol. The summed E-state index contributed by atoms with van der Waals surface area (Å²) >= 11 is 0. The van der Waals surface area contributed by atoms with Crippen LogP contribution in [-0.2, 0) is 4.74 Å². The molecule has 7 nitrogen and oxygen atoms in total. The first kappa shape index (κ1) is 24.1. The zero-order valence-corrected chi connectivity index (χ0v) is 20.5. The number of benzene rings is 3. The third-order valence-corrected chi connectivity index (χ3v) is 6.25. The number of esters is 1. The molecule has 1 unspecified atom stereocenters. The highest BCUT2D eigenvalue weighted by Gasteiger charge is 2.43. The van der Waals surface area contributed by atoms with Crippen LogP contribution in [0.2, 0.25) is 0 Å². The van der Waals surface area contributed by atoms with E-state index in [-0.39, 0.29) is 23.4 Å². The molecule has 0 aliphatic carbocycles. The van der Waals surface area contributed by atoms with Crippen molar-refractivity contribution in [3.63, 3.8) is 0 Å². The fraction of sp³-hybridized carbons (Fsp3) is 0.167. The molecule has 1 amide bonds. The van der Waals surface area contributed by atoms with Crippen LogP contribution in [-0.4, -0.2) is 25.1 Å². The molecule has 1 aliphatic heterocycles. The number of anilines is 1. The van der Waals surface area contributed by atoms with Crippen molar-refractivity contribution in [3.8, 4) is 5.75 Å². The van der Waals surface area contributed by atoms with E-state index in [4.69, 9.17) is 13.9 Å². The number of hydrogen-bond donors (Lipinski definition) is 0. The Kier molecular flexibility index (Phi) is 6.36. The number of fused-ring (bicyclic) bond motifs is 2. The summed E-state index contributed by atoms with van der Waals surface area (Å²) in [6.45, 7) is 7.91. The molecule has 0 radical (unpaired) electrons. The molecule has 7 heteroatoms. The zero-order valence-electron chi connectivity index (χ0n) is 20.5. The second-order valence-corrected chi connectivity index (χ2v) is 8.69. The highest BCUT2D eigenvalue weighted by atomic mass is 16.5. The van der Waals surface area contributed by atoms with Gasteiger partial charge in [-0.05, 0) is 67.9 Å². The normalized spacial score (nSPS) is 14.5. The third kappa shape index (κ3) is 4.29. The topological polar surface area (TPSA) is 86.0 Å². The van der Waals surface area contributed by atoms with Crippen LogP contribution in [0.3, 0.4) is 0 Å². The minimum Gasteiger partial charge on any atom is -0.490 e. The monoisotopic (exact) mass is 495 g/mol. The lowest BCUT2D eigenvalue weighted by molar-refractivity contribution is 0.0526. The van der Waals surface area contributed by atoms with Crippen LogP contribution in [0.1, 0.15) is 50.6 Å². The summed E-state index contributed by atoms with van der Waals surface area (Å²) in [5.74, 6) is -0.238. The lowest BCUT2D eigenvalue weighted by Gasteiger charge is -2.25. The van der Waals surface area contributed by atoms with Gasteiger partial charge in [-0.2, -0.15) is 0 Å². The summed E-state index contributed by atoms with van der Waals surface area (Å²) in [6.07, 6.45) is 1.65. The first-order chi connectivity index (χ1) is 17.9. The highest BCUT2D eigenvalue weighted by molar-refractivity contribution is 6.10. The first-order valence-electron chi connectivity index (χ1n) is 11.9. The van der Waals surface area contributed by atoms with E-state index in [9.17, 15) is 14.4 Å². The predicted molar refractivity (Wildman–Crippen MR) is 140 cm³/mol. The van der Waals surface area contributed by atoms with Gasteiger partial charge >= 0.3 is 5.97 Å². The van der Waals surface area contributed by atoms with E-state index in [0.717, 1.165) is 5.56 Å². The molecule has 186 valence electrons. The Balaban J connectivity index is 1.66. The molecule has 0 spiro atoms. The lowest BCUT2D eigenvalue weighted by atomic mass is 9.97. The molecule has 4 aromatic rings. The molecule has 1 atom stereocenters. The van der Waals surface area contributed by atoms with Crippen LogP contribution in [0.5, 0.6) is 5.75 Å². The van der Waals surface area contributed by atoms with E-state index in [0.29, 0.717) is 40.1 Å². The summed E-state index contributed by atoms with van der Waals surface area (Å²) in [4.78, 5) is 41.2. The number of carbonyl (C=O) groups excluding carboxylic acids is 2. The molecule has 0 N–H and O–H groups in total. The molecule has 0 saturated heterocycles. The molecule has 3 aromatic carbocycles. The molecule has 0 saturated carbocycles. The zero-order chi connectivity index (χ0) is 26.1. The van der Waals surface area contributed by atoms with Crippen molar-refractivity contribution in [1.82, 2.24) is 0 Å². The smallest absolute Gasteiger partial charge is 0.338 e. The summed E-state index contributed by atoms with van der Waals surface area (Å²) in [7, 11) is 0. The van der Waals surface area contributed by atoms with Crippen molar-refractivity contribution in [3.05, 3.63) is 118 Å². The Morgan fingerprint density at radius 1 is 1.05 bits per heavy atom. The number of hydrogen-bond acceptors (Lipinski definition) is 6. The standard InChI is InChI=1S/C30H25NO6/c1-4-16-36-22-13-9-19(10-14-22)26-25-27(32)23-17-18(3)6-15-24(23)37-28(25)29(33)31(26)21-11-7-20(8-12-21)30(34)35-5-2/h4,6-15,17,26H,1,5,16H2,2-3H3. The van der Waals surface area contributed by atoms with E-state index in [1.165, 1.54) is 4.90 Å². The second kappa shape index (κ2) is 9.78. The van der Waals surface area contributed by atoms with E-state index < -0.39 is 17.9 Å². The average Bonchev–Trinajstić information content (AvgIpc) is 3.20. The van der Waals surface area contributed by atoms with E-state index in [2.05, 4.69) is 6.58 Å². The Labute approximate surface area is 213 Å². The van der Waals surface area contributed by atoms with Gasteiger partial charge in [0.05, 0.1) is 29.2 Å². The third-order valence-electron chi connectivity index (χ3n) is 6.25. The fourth-order valence-electron chi connectivity index (χ4n) is 4.54. The fourth-order valence-corrected chi connectivity index (χ4v) is 4.54. The molecule has 0 fully saturated rings. The highest BCUT2D eigenvalue weighted by Crippen LogP contribution is 2.41. The van der Waals surface area contributed by atoms with Gasteiger partial charge in [0.25, 0.3) is 5.91 Å². The van der Waals surface area contributed by atoms with Gasteiger partial charge in [0, 0.05) is 5.69 Å². The van der Waals surface area contributed by atoms with Crippen molar-refractivity contribution >= 4 is 28.5 Å². The lowest BCUT2D eigenvalue weighted by Crippen LogP contribution is -2.29. The summed E-state index contributed by atoms with van der Waals surface area (Å²) in [5.41, 5.74) is 2.89. The maximum absolute atomic E-state index is 13.8. The van der Waals surface area contributed by atoms with Gasteiger partial charge < -0.3 is 13.9 Å². The Morgan fingerprint density at radius 3 is 2.46 bits per heavy atom. The Morgan fingerprint density at radius 2 is 1.78 bits per heavy atom. The van der Waals surface area contributed by atoms with E-state index in [1.54, 1.807) is 61.5 Å². The van der Waals surface area contributed by atoms with Crippen molar-refractivity contribution in [2.75, 3.05) is 18.1 Å². The predicted octanol–water partition coefficient (Wildman–Crippen LogP) is 5.59.